The number of hydrogen-bond donors (Lipinski definition) is 0. The summed E-state index contributed by atoms with van der Waals surface area (Å²) in [6, 6.07) is 3.04. The fourth-order valence-corrected chi connectivity index (χ4v) is 3.25. The van der Waals surface area contributed by atoms with Gasteiger partial charge in [-0.2, -0.15) is 0 Å². The van der Waals surface area contributed by atoms with Crippen LogP contribution in [0, 0.1) is 35.9 Å². The highest BCUT2D eigenvalue weighted by atomic mass is 19.1. The van der Waals surface area contributed by atoms with Crippen molar-refractivity contribution in [2.75, 3.05) is 7.11 Å². The van der Waals surface area contributed by atoms with Crippen LogP contribution in [0.15, 0.2) is 12.1 Å². The molecular weight excluding hydrogens is 279 g/mol. The van der Waals surface area contributed by atoms with Gasteiger partial charge in [0.2, 0.25) is 0 Å². The normalized spacial score (nSPS) is 23.6. The number of methoxy groups -OCH3 is 1. The first-order valence-electron chi connectivity index (χ1n) is 7.26. The average Bonchev–Trinajstić information content (AvgIpc) is 2.76. The molecule has 1 aliphatic carbocycles. The summed E-state index contributed by atoms with van der Waals surface area (Å²) in [4.78, 5) is 12.7. The van der Waals surface area contributed by atoms with Crippen molar-refractivity contribution in [1.82, 2.24) is 0 Å². The van der Waals surface area contributed by atoms with E-state index in [9.17, 15) is 9.18 Å². The predicted octanol–water partition coefficient (Wildman–Crippen LogP) is 3.47. The third kappa shape index (κ3) is 2.60. The Bertz CT molecular complexity index is 703. The molecule has 0 spiro atoms. The molecule has 0 amide bonds. The summed E-state index contributed by atoms with van der Waals surface area (Å²) in [5.74, 6) is 7.80. The number of ether oxygens (including phenoxy) is 1. The van der Waals surface area contributed by atoms with Gasteiger partial charge < -0.3 is 4.74 Å². The SMILES string of the molecule is C#CCC1CCC(C)(c2c(F)cc(C#CC)cc2OC)C1=O. The second kappa shape index (κ2) is 6.24. The summed E-state index contributed by atoms with van der Waals surface area (Å²) in [7, 11) is 1.48. The van der Waals surface area contributed by atoms with Crippen LogP contribution < -0.4 is 4.74 Å². The Balaban J connectivity index is 2.54. The molecule has 0 bridgehead atoms. The Labute approximate surface area is 131 Å². The molecule has 2 unspecified atom stereocenters. The van der Waals surface area contributed by atoms with Crippen molar-refractivity contribution in [3.05, 3.63) is 29.1 Å². The van der Waals surface area contributed by atoms with Crippen LogP contribution in [-0.4, -0.2) is 12.9 Å². The first-order valence-corrected chi connectivity index (χ1v) is 7.26. The maximum absolute atomic E-state index is 14.7. The molecule has 114 valence electrons. The van der Waals surface area contributed by atoms with Crippen molar-refractivity contribution in [3.8, 4) is 29.9 Å². The van der Waals surface area contributed by atoms with Crippen molar-refractivity contribution < 1.29 is 13.9 Å². The number of Topliss-reactive ketones (excluding diaryl/α,β-unsaturated/α-hetero) is 1. The van der Waals surface area contributed by atoms with Crippen LogP contribution >= 0.6 is 0 Å². The summed E-state index contributed by atoms with van der Waals surface area (Å²) < 4.78 is 20.0. The van der Waals surface area contributed by atoms with E-state index in [4.69, 9.17) is 11.2 Å². The number of carbonyl (C=O) groups excluding carboxylic acids is 1. The Morgan fingerprint density at radius 3 is 2.82 bits per heavy atom. The zero-order chi connectivity index (χ0) is 16.3. The predicted molar refractivity (Wildman–Crippen MR) is 84.0 cm³/mol. The second-order valence-electron chi connectivity index (χ2n) is 5.75. The molecule has 1 saturated carbocycles. The maximum Gasteiger partial charge on any atom is 0.147 e. The quantitative estimate of drug-likeness (QED) is 0.799. The van der Waals surface area contributed by atoms with E-state index < -0.39 is 11.2 Å². The van der Waals surface area contributed by atoms with Crippen LogP contribution in [0.25, 0.3) is 0 Å². The molecule has 0 radical (unpaired) electrons. The van der Waals surface area contributed by atoms with E-state index in [2.05, 4.69) is 17.8 Å². The molecule has 2 nitrogen and oxygen atoms in total. The Kier molecular flexibility index (Phi) is 4.57. The van der Waals surface area contributed by atoms with Gasteiger partial charge in [-0.1, -0.05) is 5.92 Å². The molecule has 2 atom stereocenters. The van der Waals surface area contributed by atoms with Crippen LogP contribution in [0.1, 0.15) is 44.2 Å². The smallest absolute Gasteiger partial charge is 0.147 e. The molecule has 1 aromatic carbocycles. The maximum atomic E-state index is 14.7. The lowest BCUT2D eigenvalue weighted by Gasteiger charge is -2.26. The van der Waals surface area contributed by atoms with Gasteiger partial charge in [-0.3, -0.25) is 4.79 Å². The zero-order valence-corrected chi connectivity index (χ0v) is 13.1. The molecule has 2 rings (SSSR count). The van der Waals surface area contributed by atoms with Crippen molar-refractivity contribution in [2.24, 2.45) is 5.92 Å². The average molecular weight is 298 g/mol. The van der Waals surface area contributed by atoms with Crippen LogP contribution in [0.4, 0.5) is 4.39 Å². The minimum absolute atomic E-state index is 0.00280. The van der Waals surface area contributed by atoms with Crippen LogP contribution in [0.2, 0.25) is 0 Å². The first kappa shape index (κ1) is 16.1. The highest BCUT2D eigenvalue weighted by Crippen LogP contribution is 2.46. The Morgan fingerprint density at radius 2 is 2.23 bits per heavy atom. The monoisotopic (exact) mass is 298 g/mol. The molecule has 1 fully saturated rings. The number of carbonyl (C=O) groups is 1. The highest BCUT2D eigenvalue weighted by Gasteiger charge is 2.47. The van der Waals surface area contributed by atoms with E-state index in [1.807, 2.05) is 0 Å². The Morgan fingerprint density at radius 1 is 1.50 bits per heavy atom. The van der Waals surface area contributed by atoms with E-state index in [-0.39, 0.29) is 11.7 Å². The van der Waals surface area contributed by atoms with Crippen LogP contribution in [0.3, 0.4) is 0 Å². The van der Waals surface area contributed by atoms with Gasteiger partial charge in [0.15, 0.2) is 0 Å². The van der Waals surface area contributed by atoms with E-state index in [1.165, 1.54) is 13.2 Å². The van der Waals surface area contributed by atoms with Crippen LogP contribution in [0.5, 0.6) is 5.75 Å². The summed E-state index contributed by atoms with van der Waals surface area (Å²) in [6.07, 6.45) is 6.97. The van der Waals surface area contributed by atoms with Gasteiger partial charge in [-0.15, -0.1) is 18.3 Å². The van der Waals surface area contributed by atoms with Crippen molar-refractivity contribution in [1.29, 1.82) is 0 Å². The number of halogens is 1. The van der Waals surface area contributed by atoms with Gasteiger partial charge in [0, 0.05) is 23.5 Å². The van der Waals surface area contributed by atoms with E-state index in [1.54, 1.807) is 19.9 Å². The van der Waals surface area contributed by atoms with Crippen molar-refractivity contribution in [2.45, 2.75) is 38.5 Å². The van der Waals surface area contributed by atoms with Gasteiger partial charge in [-0.25, -0.2) is 4.39 Å². The third-order valence-electron chi connectivity index (χ3n) is 4.37. The molecule has 1 aliphatic rings. The molecule has 1 aromatic rings. The lowest BCUT2D eigenvalue weighted by molar-refractivity contribution is -0.124. The minimum Gasteiger partial charge on any atom is -0.496 e. The fourth-order valence-electron chi connectivity index (χ4n) is 3.25. The summed E-state index contributed by atoms with van der Waals surface area (Å²) >= 11 is 0. The molecule has 22 heavy (non-hydrogen) atoms. The van der Waals surface area contributed by atoms with Crippen molar-refractivity contribution >= 4 is 5.78 Å². The van der Waals surface area contributed by atoms with Gasteiger partial charge >= 0.3 is 0 Å². The number of terminal acetylenes is 1. The fraction of sp³-hybridized carbons (Fsp3) is 0.421. The van der Waals surface area contributed by atoms with Gasteiger partial charge in [0.05, 0.1) is 12.5 Å². The van der Waals surface area contributed by atoms with E-state index >= 15 is 0 Å². The van der Waals surface area contributed by atoms with Crippen LogP contribution in [-0.2, 0) is 10.2 Å². The van der Waals surface area contributed by atoms with Gasteiger partial charge in [0.1, 0.15) is 17.3 Å². The number of rotatable bonds is 3. The Hall–Kier alpha value is -2.26. The lowest BCUT2D eigenvalue weighted by atomic mass is 9.77. The molecule has 0 heterocycles. The largest absolute Gasteiger partial charge is 0.496 e. The molecule has 3 heteroatoms. The number of ketones is 1. The summed E-state index contributed by atoms with van der Waals surface area (Å²) in [6.45, 7) is 3.46. The zero-order valence-electron chi connectivity index (χ0n) is 13.1. The molecule has 0 saturated heterocycles. The van der Waals surface area contributed by atoms with Gasteiger partial charge in [-0.05, 0) is 38.8 Å². The molecular formula is C19H19FO2. The van der Waals surface area contributed by atoms with E-state index in [0.717, 1.165) is 0 Å². The molecule has 0 aromatic heterocycles. The highest BCUT2D eigenvalue weighted by molar-refractivity contribution is 5.94. The summed E-state index contributed by atoms with van der Waals surface area (Å²) in [5, 5.41) is 0. The molecule has 0 N–H and O–H groups in total. The topological polar surface area (TPSA) is 26.3 Å². The van der Waals surface area contributed by atoms with E-state index in [0.29, 0.717) is 36.1 Å². The molecule has 0 aliphatic heterocycles. The van der Waals surface area contributed by atoms with Gasteiger partial charge in [0.25, 0.3) is 0 Å². The van der Waals surface area contributed by atoms with Crippen molar-refractivity contribution in [3.63, 3.8) is 0 Å². The minimum atomic E-state index is -0.894. The standard InChI is InChI=1S/C19H19FO2/c1-5-7-13-11-15(20)17(16(12-13)22-4)19(3)10-9-14(8-6-2)18(19)21/h2,11-12,14H,8-10H2,1,3-4H3. The number of hydrogen-bond acceptors (Lipinski definition) is 2. The lowest BCUT2D eigenvalue weighted by Crippen LogP contribution is -2.31. The number of benzene rings is 1. The first-order chi connectivity index (χ1) is 10.5. The third-order valence-corrected chi connectivity index (χ3v) is 4.37. The second-order valence-corrected chi connectivity index (χ2v) is 5.75. The summed E-state index contributed by atoms with van der Waals surface area (Å²) in [5.41, 5.74) is -0.0363.